The van der Waals surface area contributed by atoms with Crippen LogP contribution >= 0.6 is 0 Å². The van der Waals surface area contributed by atoms with E-state index < -0.39 is 0 Å². The Kier molecular flexibility index (Phi) is 5.66. The van der Waals surface area contributed by atoms with Gasteiger partial charge in [0, 0.05) is 19.1 Å². The number of rotatable bonds is 3. The van der Waals surface area contributed by atoms with E-state index in [2.05, 4.69) is 25.7 Å². The molecule has 2 amide bonds. The molecule has 1 aliphatic heterocycles. The molecule has 6 nitrogen and oxygen atoms in total. The van der Waals surface area contributed by atoms with Crippen LogP contribution in [0.1, 0.15) is 57.8 Å². The molecule has 3 rings (SSSR count). The number of hydrogen-bond acceptors (Lipinski definition) is 4. The summed E-state index contributed by atoms with van der Waals surface area (Å²) in [4.78, 5) is 14.3. The van der Waals surface area contributed by atoms with Crippen molar-refractivity contribution in [2.75, 3.05) is 23.3 Å². The molecule has 2 fully saturated rings. The molecule has 1 aromatic rings. The molecule has 0 bridgehead atoms. The van der Waals surface area contributed by atoms with Crippen molar-refractivity contribution in [3.05, 3.63) is 12.1 Å². The first-order valence-corrected chi connectivity index (χ1v) is 8.97. The van der Waals surface area contributed by atoms with E-state index in [1.54, 1.807) is 0 Å². The molecule has 2 heterocycles. The Hall–Kier alpha value is -1.85. The Labute approximate surface area is 138 Å². The first kappa shape index (κ1) is 16.0. The zero-order chi connectivity index (χ0) is 15.9. The van der Waals surface area contributed by atoms with Gasteiger partial charge in [0.05, 0.1) is 0 Å². The van der Waals surface area contributed by atoms with Crippen molar-refractivity contribution in [1.82, 2.24) is 15.5 Å². The number of urea groups is 1. The molecule has 1 aromatic heterocycles. The van der Waals surface area contributed by atoms with Gasteiger partial charge in [0.2, 0.25) is 0 Å². The summed E-state index contributed by atoms with van der Waals surface area (Å²) in [5.74, 6) is 1.42. The van der Waals surface area contributed by atoms with Crippen molar-refractivity contribution >= 4 is 17.7 Å². The van der Waals surface area contributed by atoms with Gasteiger partial charge in [0.1, 0.15) is 0 Å². The van der Waals surface area contributed by atoms with Gasteiger partial charge in [-0.05, 0) is 37.8 Å². The van der Waals surface area contributed by atoms with Gasteiger partial charge in [-0.25, -0.2) is 4.79 Å². The second kappa shape index (κ2) is 8.13. The summed E-state index contributed by atoms with van der Waals surface area (Å²) in [5.41, 5.74) is 0. The number of nitrogens with one attached hydrogen (secondary N) is 2. The van der Waals surface area contributed by atoms with Crippen LogP contribution in [-0.4, -0.2) is 35.4 Å². The Morgan fingerprint density at radius 3 is 2.30 bits per heavy atom. The molecule has 1 saturated carbocycles. The van der Waals surface area contributed by atoms with Crippen molar-refractivity contribution in [2.45, 2.75) is 63.8 Å². The highest BCUT2D eigenvalue weighted by Gasteiger charge is 2.16. The Balaban J connectivity index is 1.51. The molecule has 2 N–H and O–H groups in total. The molecule has 0 atom stereocenters. The van der Waals surface area contributed by atoms with E-state index in [-0.39, 0.29) is 6.03 Å². The fourth-order valence-electron chi connectivity index (χ4n) is 3.45. The summed E-state index contributed by atoms with van der Waals surface area (Å²) in [6.45, 7) is 2.09. The van der Waals surface area contributed by atoms with Crippen LogP contribution in [-0.2, 0) is 0 Å². The minimum absolute atomic E-state index is 0.172. The maximum absolute atomic E-state index is 12.0. The second-order valence-corrected chi connectivity index (χ2v) is 6.61. The predicted molar refractivity (Wildman–Crippen MR) is 91.7 cm³/mol. The monoisotopic (exact) mass is 317 g/mol. The highest BCUT2D eigenvalue weighted by Crippen LogP contribution is 2.19. The fourth-order valence-corrected chi connectivity index (χ4v) is 3.45. The zero-order valence-corrected chi connectivity index (χ0v) is 13.8. The maximum Gasteiger partial charge on any atom is 0.320 e. The maximum atomic E-state index is 12.0. The summed E-state index contributed by atoms with van der Waals surface area (Å²) >= 11 is 0. The molecule has 0 radical (unpaired) electrons. The van der Waals surface area contributed by atoms with E-state index in [0.29, 0.717) is 11.9 Å². The number of carbonyl (C=O) groups is 1. The van der Waals surface area contributed by atoms with E-state index in [9.17, 15) is 4.79 Å². The molecular formula is C17H27N5O. The van der Waals surface area contributed by atoms with Crippen LogP contribution in [0.15, 0.2) is 12.1 Å². The third-order valence-electron chi connectivity index (χ3n) is 4.76. The van der Waals surface area contributed by atoms with Crippen LogP contribution < -0.4 is 15.5 Å². The van der Waals surface area contributed by atoms with E-state index in [0.717, 1.165) is 31.7 Å². The number of anilines is 2. The molecule has 6 heteroatoms. The average molecular weight is 317 g/mol. The lowest BCUT2D eigenvalue weighted by Crippen LogP contribution is -2.39. The molecule has 0 aromatic carbocycles. The van der Waals surface area contributed by atoms with Gasteiger partial charge >= 0.3 is 6.03 Å². The molecule has 0 unspecified atom stereocenters. The second-order valence-electron chi connectivity index (χ2n) is 6.61. The molecule has 126 valence electrons. The molecule has 1 saturated heterocycles. The van der Waals surface area contributed by atoms with Crippen LogP contribution in [0.4, 0.5) is 16.4 Å². The molecule has 1 aliphatic carbocycles. The topological polar surface area (TPSA) is 70.2 Å². The third-order valence-corrected chi connectivity index (χ3v) is 4.76. The van der Waals surface area contributed by atoms with E-state index in [4.69, 9.17) is 0 Å². The molecule has 2 aliphatic rings. The largest absolute Gasteiger partial charge is 0.355 e. The van der Waals surface area contributed by atoms with Gasteiger partial charge in [-0.1, -0.05) is 32.1 Å². The standard InChI is InChI=1S/C17H27N5O/c23-17(18-14-8-4-3-5-9-14)19-15-10-11-16(21-20-15)22-12-6-1-2-7-13-22/h10-11,14H,1-9,12-13H2,(H2,18,19,20,23). The number of carbonyl (C=O) groups excluding carboxylic acids is 1. The summed E-state index contributed by atoms with van der Waals surface area (Å²) in [6, 6.07) is 3.92. The minimum Gasteiger partial charge on any atom is -0.355 e. The normalized spacial score (nSPS) is 19.9. The SMILES string of the molecule is O=C(Nc1ccc(N2CCCCCC2)nn1)NC1CCCCC1. The minimum atomic E-state index is -0.172. The lowest BCUT2D eigenvalue weighted by atomic mass is 9.96. The van der Waals surface area contributed by atoms with Crippen molar-refractivity contribution in [1.29, 1.82) is 0 Å². The number of aromatic nitrogens is 2. The van der Waals surface area contributed by atoms with Gasteiger partial charge in [-0.3, -0.25) is 5.32 Å². The zero-order valence-electron chi connectivity index (χ0n) is 13.8. The van der Waals surface area contributed by atoms with Crippen LogP contribution in [0.5, 0.6) is 0 Å². The lowest BCUT2D eigenvalue weighted by molar-refractivity contribution is 0.244. The van der Waals surface area contributed by atoms with Crippen LogP contribution in [0.3, 0.4) is 0 Å². The van der Waals surface area contributed by atoms with Gasteiger partial charge < -0.3 is 10.2 Å². The van der Waals surface area contributed by atoms with Crippen molar-refractivity contribution < 1.29 is 4.79 Å². The summed E-state index contributed by atoms with van der Waals surface area (Å²) < 4.78 is 0. The number of nitrogens with zero attached hydrogens (tertiary/aromatic N) is 3. The van der Waals surface area contributed by atoms with Gasteiger partial charge in [0.25, 0.3) is 0 Å². The highest BCUT2D eigenvalue weighted by atomic mass is 16.2. The first-order valence-electron chi connectivity index (χ1n) is 8.97. The molecular weight excluding hydrogens is 290 g/mol. The molecule has 0 spiro atoms. The van der Waals surface area contributed by atoms with Gasteiger partial charge in [0.15, 0.2) is 11.6 Å². The lowest BCUT2D eigenvalue weighted by Gasteiger charge is -2.23. The summed E-state index contributed by atoms with van der Waals surface area (Å²) in [6.07, 6.45) is 10.9. The fraction of sp³-hybridized carbons (Fsp3) is 0.706. The molecule has 23 heavy (non-hydrogen) atoms. The Morgan fingerprint density at radius 1 is 0.957 bits per heavy atom. The number of hydrogen-bond donors (Lipinski definition) is 2. The first-order chi connectivity index (χ1) is 11.3. The van der Waals surface area contributed by atoms with E-state index in [1.165, 1.54) is 44.9 Å². The third kappa shape index (κ3) is 4.81. The smallest absolute Gasteiger partial charge is 0.320 e. The predicted octanol–water partition coefficient (Wildman–Crippen LogP) is 3.31. The van der Waals surface area contributed by atoms with Crippen LogP contribution in [0.25, 0.3) is 0 Å². The van der Waals surface area contributed by atoms with Gasteiger partial charge in [-0.15, -0.1) is 10.2 Å². The van der Waals surface area contributed by atoms with E-state index in [1.807, 2.05) is 12.1 Å². The quantitative estimate of drug-likeness (QED) is 0.897. The highest BCUT2D eigenvalue weighted by molar-refractivity contribution is 5.88. The van der Waals surface area contributed by atoms with Crippen LogP contribution in [0.2, 0.25) is 0 Å². The van der Waals surface area contributed by atoms with Crippen molar-refractivity contribution in [3.63, 3.8) is 0 Å². The van der Waals surface area contributed by atoms with Crippen molar-refractivity contribution in [3.8, 4) is 0 Å². The Bertz CT molecular complexity index is 490. The van der Waals surface area contributed by atoms with Crippen LogP contribution in [0, 0.1) is 0 Å². The average Bonchev–Trinajstić information content (AvgIpc) is 2.86. The summed E-state index contributed by atoms with van der Waals surface area (Å²) in [5, 5.41) is 14.2. The Morgan fingerprint density at radius 2 is 1.65 bits per heavy atom. The van der Waals surface area contributed by atoms with E-state index >= 15 is 0 Å². The van der Waals surface area contributed by atoms with Crippen molar-refractivity contribution in [2.24, 2.45) is 0 Å². The summed E-state index contributed by atoms with van der Waals surface area (Å²) in [7, 11) is 0. The van der Waals surface area contributed by atoms with Gasteiger partial charge in [-0.2, -0.15) is 0 Å². The number of amides is 2.